The molecule has 1 saturated carbocycles. The van der Waals surface area contributed by atoms with Crippen LogP contribution < -0.4 is 5.32 Å². The van der Waals surface area contributed by atoms with Gasteiger partial charge in [-0.05, 0) is 12.3 Å². The van der Waals surface area contributed by atoms with Crippen LogP contribution in [-0.2, 0) is 11.8 Å². The van der Waals surface area contributed by atoms with Crippen LogP contribution in [0.15, 0.2) is 6.20 Å². The number of aromatic nitrogens is 3. The van der Waals surface area contributed by atoms with Crippen molar-refractivity contribution in [1.29, 1.82) is 0 Å². The van der Waals surface area contributed by atoms with Crippen molar-refractivity contribution in [3.63, 3.8) is 0 Å². The molecule has 5 heteroatoms. The van der Waals surface area contributed by atoms with Crippen LogP contribution in [0.5, 0.6) is 0 Å². The number of anilines is 1. The molecule has 0 bridgehead atoms. The predicted octanol–water partition coefficient (Wildman–Crippen LogP) is 0.410. The van der Waals surface area contributed by atoms with Crippen LogP contribution in [0.2, 0.25) is 0 Å². The lowest BCUT2D eigenvalue weighted by Gasteiger charge is -1.97. The molecule has 0 aliphatic heterocycles. The van der Waals surface area contributed by atoms with Gasteiger partial charge in [0.2, 0.25) is 5.91 Å². The second-order valence-electron chi connectivity index (χ2n) is 3.59. The van der Waals surface area contributed by atoms with E-state index >= 15 is 0 Å². The zero-order valence-electron chi connectivity index (χ0n) is 7.69. The first-order valence-electron chi connectivity index (χ1n) is 4.34. The van der Waals surface area contributed by atoms with Gasteiger partial charge in [0.15, 0.2) is 5.82 Å². The van der Waals surface area contributed by atoms with E-state index in [4.69, 9.17) is 0 Å². The summed E-state index contributed by atoms with van der Waals surface area (Å²) in [5, 5.41) is 10.2. The molecule has 1 aliphatic rings. The largest absolute Gasteiger partial charge is 0.308 e. The van der Waals surface area contributed by atoms with Gasteiger partial charge in [0.05, 0.1) is 6.20 Å². The Labute approximate surface area is 76.1 Å². The molecule has 13 heavy (non-hydrogen) atoms. The number of hydrogen-bond donors (Lipinski definition) is 1. The van der Waals surface area contributed by atoms with Gasteiger partial charge in [-0.25, -0.2) is 0 Å². The highest BCUT2D eigenvalue weighted by atomic mass is 16.2. The molecule has 2 rings (SSSR count). The van der Waals surface area contributed by atoms with Gasteiger partial charge in [0.1, 0.15) is 0 Å². The number of amides is 1. The maximum absolute atomic E-state index is 11.4. The molecule has 1 aromatic heterocycles. The summed E-state index contributed by atoms with van der Waals surface area (Å²) in [6, 6.07) is 0. The molecule has 1 aliphatic carbocycles. The first-order valence-corrected chi connectivity index (χ1v) is 4.34. The Morgan fingerprint density at radius 1 is 1.77 bits per heavy atom. The van der Waals surface area contributed by atoms with Crippen LogP contribution in [0.4, 0.5) is 5.82 Å². The standard InChI is InChI=1S/C8H12N4O/c1-5-3-6(5)8(13)9-7-4-12(2)11-10-7/h4-6H,3H2,1-2H3,(H,9,13). The molecular weight excluding hydrogens is 168 g/mol. The minimum atomic E-state index is 0.0630. The van der Waals surface area contributed by atoms with E-state index in [1.165, 1.54) is 0 Å². The predicted molar refractivity (Wildman–Crippen MR) is 46.9 cm³/mol. The molecule has 0 radical (unpaired) electrons. The molecule has 1 fully saturated rings. The summed E-state index contributed by atoms with van der Waals surface area (Å²) in [5.41, 5.74) is 0. The monoisotopic (exact) mass is 180 g/mol. The lowest BCUT2D eigenvalue weighted by Crippen LogP contribution is -2.14. The number of nitrogens with zero attached hydrogens (tertiary/aromatic N) is 3. The second kappa shape index (κ2) is 2.83. The summed E-state index contributed by atoms with van der Waals surface area (Å²) in [7, 11) is 1.77. The fraction of sp³-hybridized carbons (Fsp3) is 0.625. The maximum Gasteiger partial charge on any atom is 0.229 e. The van der Waals surface area contributed by atoms with E-state index < -0.39 is 0 Å². The lowest BCUT2D eigenvalue weighted by molar-refractivity contribution is -0.117. The normalized spacial score (nSPS) is 25.7. The quantitative estimate of drug-likeness (QED) is 0.717. The molecule has 2 unspecified atom stereocenters. The second-order valence-corrected chi connectivity index (χ2v) is 3.59. The molecule has 1 amide bonds. The van der Waals surface area contributed by atoms with Crippen LogP contribution in [0.25, 0.3) is 0 Å². The first kappa shape index (κ1) is 8.22. The van der Waals surface area contributed by atoms with E-state index in [1.807, 2.05) is 0 Å². The Balaban J connectivity index is 1.95. The highest BCUT2D eigenvalue weighted by molar-refractivity contribution is 5.93. The van der Waals surface area contributed by atoms with Crippen LogP contribution in [0.3, 0.4) is 0 Å². The first-order chi connectivity index (χ1) is 6.16. The molecule has 0 spiro atoms. The summed E-state index contributed by atoms with van der Waals surface area (Å²) in [5.74, 6) is 1.30. The van der Waals surface area contributed by atoms with Crippen LogP contribution >= 0.6 is 0 Å². The smallest absolute Gasteiger partial charge is 0.229 e. The SMILES string of the molecule is CC1CC1C(=O)Nc1cn(C)nn1. The van der Waals surface area contributed by atoms with Crippen molar-refractivity contribution in [3.8, 4) is 0 Å². The van der Waals surface area contributed by atoms with E-state index in [9.17, 15) is 4.79 Å². The Hall–Kier alpha value is -1.39. The van der Waals surface area contributed by atoms with E-state index in [2.05, 4.69) is 22.6 Å². The van der Waals surface area contributed by atoms with Crippen molar-refractivity contribution >= 4 is 11.7 Å². The summed E-state index contributed by atoms with van der Waals surface area (Å²) in [6.07, 6.45) is 2.68. The van der Waals surface area contributed by atoms with Crippen molar-refractivity contribution in [3.05, 3.63) is 6.20 Å². The van der Waals surface area contributed by atoms with Gasteiger partial charge in [-0.15, -0.1) is 5.10 Å². The van der Waals surface area contributed by atoms with Crippen LogP contribution in [0.1, 0.15) is 13.3 Å². The zero-order chi connectivity index (χ0) is 9.42. The molecule has 70 valence electrons. The third-order valence-corrected chi connectivity index (χ3v) is 2.30. The summed E-state index contributed by atoms with van der Waals surface area (Å²) in [4.78, 5) is 11.4. The topological polar surface area (TPSA) is 59.8 Å². The Morgan fingerprint density at radius 2 is 2.46 bits per heavy atom. The Bertz CT molecular complexity index is 333. The van der Waals surface area contributed by atoms with Crippen molar-refractivity contribution in [1.82, 2.24) is 15.0 Å². The van der Waals surface area contributed by atoms with E-state index in [0.717, 1.165) is 6.42 Å². The fourth-order valence-corrected chi connectivity index (χ4v) is 1.31. The molecule has 1 N–H and O–H groups in total. The van der Waals surface area contributed by atoms with Gasteiger partial charge in [-0.1, -0.05) is 12.1 Å². The van der Waals surface area contributed by atoms with Gasteiger partial charge in [-0.2, -0.15) is 0 Å². The number of aryl methyl sites for hydroxylation is 1. The van der Waals surface area contributed by atoms with Crippen molar-refractivity contribution < 1.29 is 4.79 Å². The summed E-state index contributed by atoms with van der Waals surface area (Å²) in [6.45, 7) is 2.07. The number of carbonyl (C=O) groups is 1. The average Bonchev–Trinajstić information content (AvgIpc) is 2.66. The van der Waals surface area contributed by atoms with Crippen molar-refractivity contribution in [2.24, 2.45) is 18.9 Å². The van der Waals surface area contributed by atoms with Gasteiger partial charge < -0.3 is 5.32 Å². The molecule has 1 aromatic rings. The highest BCUT2D eigenvalue weighted by Gasteiger charge is 2.39. The third kappa shape index (κ3) is 1.68. The van der Waals surface area contributed by atoms with Gasteiger partial charge in [0.25, 0.3) is 0 Å². The van der Waals surface area contributed by atoms with E-state index in [0.29, 0.717) is 11.7 Å². The Kier molecular flexibility index (Phi) is 1.79. The number of carbonyl (C=O) groups excluding carboxylic acids is 1. The molecule has 0 saturated heterocycles. The van der Waals surface area contributed by atoms with Gasteiger partial charge in [0, 0.05) is 13.0 Å². The molecule has 1 heterocycles. The average molecular weight is 180 g/mol. The summed E-state index contributed by atoms with van der Waals surface area (Å²) < 4.78 is 1.56. The lowest BCUT2D eigenvalue weighted by atomic mass is 10.3. The summed E-state index contributed by atoms with van der Waals surface area (Å²) >= 11 is 0. The van der Waals surface area contributed by atoms with Gasteiger partial charge in [-0.3, -0.25) is 9.48 Å². The molecular formula is C8H12N4O. The van der Waals surface area contributed by atoms with Crippen LogP contribution in [-0.4, -0.2) is 20.9 Å². The molecule has 5 nitrogen and oxygen atoms in total. The highest BCUT2D eigenvalue weighted by Crippen LogP contribution is 2.38. The fourth-order valence-electron chi connectivity index (χ4n) is 1.31. The number of hydrogen-bond acceptors (Lipinski definition) is 3. The van der Waals surface area contributed by atoms with Crippen molar-refractivity contribution in [2.45, 2.75) is 13.3 Å². The van der Waals surface area contributed by atoms with Crippen molar-refractivity contribution in [2.75, 3.05) is 5.32 Å². The van der Waals surface area contributed by atoms with Gasteiger partial charge >= 0.3 is 0 Å². The number of nitrogens with one attached hydrogen (secondary N) is 1. The number of rotatable bonds is 2. The molecule has 0 aromatic carbocycles. The molecule has 2 atom stereocenters. The minimum Gasteiger partial charge on any atom is -0.308 e. The maximum atomic E-state index is 11.4. The van der Waals surface area contributed by atoms with E-state index in [-0.39, 0.29) is 11.8 Å². The third-order valence-electron chi connectivity index (χ3n) is 2.30. The Morgan fingerprint density at radius 3 is 2.92 bits per heavy atom. The van der Waals surface area contributed by atoms with Crippen LogP contribution in [0, 0.1) is 11.8 Å². The minimum absolute atomic E-state index is 0.0630. The zero-order valence-corrected chi connectivity index (χ0v) is 7.69. The van der Waals surface area contributed by atoms with E-state index in [1.54, 1.807) is 17.9 Å².